The van der Waals surface area contributed by atoms with E-state index in [0.717, 1.165) is 24.1 Å². The molecule has 15 heavy (non-hydrogen) atoms. The fourth-order valence-electron chi connectivity index (χ4n) is 1.69. The van der Waals surface area contributed by atoms with Crippen LogP contribution >= 0.6 is 0 Å². The van der Waals surface area contributed by atoms with Gasteiger partial charge in [0, 0.05) is 17.8 Å². The van der Waals surface area contributed by atoms with Crippen LogP contribution in [0.25, 0.3) is 0 Å². The second-order valence-corrected chi connectivity index (χ2v) is 3.75. The van der Waals surface area contributed by atoms with Gasteiger partial charge in [0.15, 0.2) is 0 Å². The summed E-state index contributed by atoms with van der Waals surface area (Å²) in [7, 11) is 0. The molecule has 0 saturated heterocycles. The first-order valence-electron chi connectivity index (χ1n) is 5.40. The maximum atomic E-state index is 10.7. The minimum Gasteiger partial charge on any atom is -0.369 e. The van der Waals surface area contributed by atoms with Gasteiger partial charge in [0.1, 0.15) is 0 Å². The summed E-state index contributed by atoms with van der Waals surface area (Å²) in [6, 6.07) is 3.93. The van der Waals surface area contributed by atoms with Gasteiger partial charge in [-0.25, -0.2) is 0 Å². The number of hydrogen-bond donors (Lipinski definition) is 1. The highest BCUT2D eigenvalue weighted by Gasteiger charge is 2.08. The average Bonchev–Trinajstić information content (AvgIpc) is 2.21. The number of hydrogen-bond acceptors (Lipinski definition) is 2. The Kier molecular flexibility index (Phi) is 4.28. The monoisotopic (exact) mass is 206 g/mol. The van der Waals surface area contributed by atoms with Crippen molar-refractivity contribution < 1.29 is 4.79 Å². The van der Waals surface area contributed by atoms with Crippen molar-refractivity contribution in [3.8, 4) is 0 Å². The van der Waals surface area contributed by atoms with Gasteiger partial charge in [-0.15, -0.1) is 0 Å². The van der Waals surface area contributed by atoms with Crippen molar-refractivity contribution in [1.82, 2.24) is 4.98 Å². The number of primary amides is 1. The van der Waals surface area contributed by atoms with Crippen LogP contribution in [0.2, 0.25) is 0 Å². The summed E-state index contributed by atoms with van der Waals surface area (Å²) in [4.78, 5) is 15.1. The number of pyridine rings is 1. The van der Waals surface area contributed by atoms with Crippen LogP contribution < -0.4 is 5.73 Å². The molecule has 1 rings (SSSR count). The summed E-state index contributed by atoms with van der Waals surface area (Å²) >= 11 is 0. The molecule has 3 heteroatoms. The molecule has 3 nitrogen and oxygen atoms in total. The predicted octanol–water partition coefficient (Wildman–Crippen LogP) is 2.01. The van der Waals surface area contributed by atoms with Crippen molar-refractivity contribution >= 4 is 5.91 Å². The standard InChI is InChI=1S/C12H18N2O/c1-3-10(4-2)11-6-5-9(8-14-11)7-12(13)15/h5-6,8,10H,3-4,7H2,1-2H3,(H2,13,15). The van der Waals surface area contributed by atoms with Gasteiger partial charge in [0.25, 0.3) is 0 Å². The molecule has 1 amide bonds. The summed E-state index contributed by atoms with van der Waals surface area (Å²) in [6.45, 7) is 4.32. The fraction of sp³-hybridized carbons (Fsp3) is 0.500. The van der Waals surface area contributed by atoms with Crippen molar-refractivity contribution in [2.24, 2.45) is 5.73 Å². The molecule has 0 aliphatic heterocycles. The van der Waals surface area contributed by atoms with E-state index in [1.165, 1.54) is 0 Å². The zero-order valence-electron chi connectivity index (χ0n) is 9.36. The first kappa shape index (κ1) is 11.7. The van der Waals surface area contributed by atoms with Crippen molar-refractivity contribution in [2.45, 2.75) is 39.0 Å². The Morgan fingerprint density at radius 3 is 2.47 bits per heavy atom. The second-order valence-electron chi connectivity index (χ2n) is 3.75. The molecule has 1 heterocycles. The first-order valence-corrected chi connectivity index (χ1v) is 5.40. The van der Waals surface area contributed by atoms with Crippen LogP contribution in [0.5, 0.6) is 0 Å². The number of nitrogens with zero attached hydrogens (tertiary/aromatic N) is 1. The van der Waals surface area contributed by atoms with Gasteiger partial charge in [0.2, 0.25) is 5.91 Å². The molecule has 1 aromatic rings. The van der Waals surface area contributed by atoms with E-state index in [4.69, 9.17) is 5.73 Å². The third kappa shape index (κ3) is 3.35. The van der Waals surface area contributed by atoms with Gasteiger partial charge < -0.3 is 5.73 Å². The Bertz CT molecular complexity index is 315. The summed E-state index contributed by atoms with van der Waals surface area (Å²) in [6.07, 6.45) is 4.21. The zero-order chi connectivity index (χ0) is 11.3. The number of nitrogens with two attached hydrogens (primary N) is 1. The lowest BCUT2D eigenvalue weighted by Crippen LogP contribution is -2.14. The molecular formula is C12H18N2O. The van der Waals surface area contributed by atoms with Crippen LogP contribution in [0.3, 0.4) is 0 Å². The Labute approximate surface area is 90.7 Å². The normalized spacial score (nSPS) is 10.6. The van der Waals surface area contributed by atoms with Gasteiger partial charge in [-0.05, 0) is 24.5 Å². The number of amides is 1. The molecule has 1 aromatic heterocycles. The van der Waals surface area contributed by atoms with E-state index in [2.05, 4.69) is 18.8 Å². The van der Waals surface area contributed by atoms with E-state index < -0.39 is 0 Å². The number of aromatic nitrogens is 1. The van der Waals surface area contributed by atoms with Crippen LogP contribution in [0.15, 0.2) is 18.3 Å². The minimum absolute atomic E-state index is 0.274. The molecular weight excluding hydrogens is 188 g/mol. The van der Waals surface area contributed by atoms with Crippen molar-refractivity contribution in [3.63, 3.8) is 0 Å². The van der Waals surface area contributed by atoms with Crippen LogP contribution in [-0.4, -0.2) is 10.9 Å². The summed E-state index contributed by atoms with van der Waals surface area (Å²) < 4.78 is 0. The average molecular weight is 206 g/mol. The molecule has 0 aliphatic rings. The highest BCUT2D eigenvalue weighted by Crippen LogP contribution is 2.20. The van der Waals surface area contributed by atoms with Crippen LogP contribution in [-0.2, 0) is 11.2 Å². The van der Waals surface area contributed by atoms with Crippen molar-refractivity contribution in [1.29, 1.82) is 0 Å². The Morgan fingerprint density at radius 1 is 1.40 bits per heavy atom. The molecule has 0 atom stereocenters. The van der Waals surface area contributed by atoms with Crippen molar-refractivity contribution in [3.05, 3.63) is 29.6 Å². The second kappa shape index (κ2) is 5.49. The molecule has 0 unspecified atom stereocenters. The Morgan fingerprint density at radius 2 is 2.07 bits per heavy atom. The van der Waals surface area contributed by atoms with E-state index in [1.54, 1.807) is 6.20 Å². The molecule has 0 fully saturated rings. The van der Waals surface area contributed by atoms with Crippen LogP contribution in [0.4, 0.5) is 0 Å². The minimum atomic E-state index is -0.313. The molecule has 0 radical (unpaired) electrons. The zero-order valence-corrected chi connectivity index (χ0v) is 9.36. The maximum Gasteiger partial charge on any atom is 0.221 e. The summed E-state index contributed by atoms with van der Waals surface area (Å²) in [5.41, 5.74) is 7.10. The van der Waals surface area contributed by atoms with Gasteiger partial charge in [-0.3, -0.25) is 9.78 Å². The molecule has 0 bridgehead atoms. The third-order valence-electron chi connectivity index (χ3n) is 2.63. The largest absolute Gasteiger partial charge is 0.369 e. The molecule has 82 valence electrons. The number of carbonyl (C=O) groups excluding carboxylic acids is 1. The van der Waals surface area contributed by atoms with E-state index >= 15 is 0 Å². The van der Waals surface area contributed by atoms with E-state index in [-0.39, 0.29) is 12.3 Å². The summed E-state index contributed by atoms with van der Waals surface area (Å²) in [5.74, 6) is 0.208. The predicted molar refractivity (Wildman–Crippen MR) is 60.5 cm³/mol. The lowest BCUT2D eigenvalue weighted by molar-refractivity contribution is -0.117. The first-order chi connectivity index (χ1) is 7.17. The topological polar surface area (TPSA) is 56.0 Å². The smallest absolute Gasteiger partial charge is 0.221 e. The van der Waals surface area contributed by atoms with Crippen LogP contribution in [0.1, 0.15) is 43.9 Å². The van der Waals surface area contributed by atoms with Crippen LogP contribution in [0, 0.1) is 0 Å². The van der Waals surface area contributed by atoms with E-state index in [1.807, 2.05) is 12.1 Å². The maximum absolute atomic E-state index is 10.7. The third-order valence-corrected chi connectivity index (χ3v) is 2.63. The Hall–Kier alpha value is -1.38. The summed E-state index contributed by atoms with van der Waals surface area (Å²) in [5, 5.41) is 0. The molecule has 0 saturated carbocycles. The van der Waals surface area contributed by atoms with Gasteiger partial charge in [0.05, 0.1) is 6.42 Å². The molecule has 0 spiro atoms. The lowest BCUT2D eigenvalue weighted by Gasteiger charge is -2.11. The van der Waals surface area contributed by atoms with Gasteiger partial charge >= 0.3 is 0 Å². The Balaban J connectivity index is 2.75. The van der Waals surface area contributed by atoms with E-state index in [0.29, 0.717) is 5.92 Å². The highest BCUT2D eigenvalue weighted by molar-refractivity contribution is 5.76. The van der Waals surface area contributed by atoms with Gasteiger partial charge in [-0.1, -0.05) is 19.9 Å². The van der Waals surface area contributed by atoms with Crippen molar-refractivity contribution in [2.75, 3.05) is 0 Å². The lowest BCUT2D eigenvalue weighted by atomic mass is 9.98. The fourth-order valence-corrected chi connectivity index (χ4v) is 1.69. The van der Waals surface area contributed by atoms with E-state index in [9.17, 15) is 4.79 Å². The molecule has 0 aliphatic carbocycles. The molecule has 2 N–H and O–H groups in total. The quantitative estimate of drug-likeness (QED) is 0.801. The highest BCUT2D eigenvalue weighted by atomic mass is 16.1. The number of rotatable bonds is 5. The molecule has 0 aromatic carbocycles. The number of carbonyl (C=O) groups is 1. The SMILES string of the molecule is CCC(CC)c1ccc(CC(N)=O)cn1. The van der Waals surface area contributed by atoms with Gasteiger partial charge in [-0.2, -0.15) is 0 Å².